The molecule has 6 heteroatoms. The zero-order chi connectivity index (χ0) is 19.1. The maximum Gasteiger partial charge on any atom is 0.253 e. The van der Waals surface area contributed by atoms with E-state index in [1.54, 1.807) is 24.5 Å². The number of rotatable bonds is 7. The lowest BCUT2D eigenvalue weighted by molar-refractivity contribution is 0.0953. The van der Waals surface area contributed by atoms with Crippen LogP contribution in [0.25, 0.3) is 22.6 Å². The van der Waals surface area contributed by atoms with E-state index in [0.29, 0.717) is 35.6 Å². The molecule has 3 aromatic rings. The van der Waals surface area contributed by atoms with Gasteiger partial charge in [-0.25, -0.2) is 4.98 Å². The number of nitrogens with zero attached hydrogens (tertiary/aromatic N) is 3. The van der Waals surface area contributed by atoms with Gasteiger partial charge in [0.1, 0.15) is 5.52 Å². The van der Waals surface area contributed by atoms with Gasteiger partial charge < -0.3 is 14.6 Å². The summed E-state index contributed by atoms with van der Waals surface area (Å²) in [4.78, 5) is 23.1. The van der Waals surface area contributed by atoms with Gasteiger partial charge in [0, 0.05) is 44.3 Å². The summed E-state index contributed by atoms with van der Waals surface area (Å²) in [6.45, 7) is 3.04. The summed E-state index contributed by atoms with van der Waals surface area (Å²) in [7, 11) is 1.93. The molecule has 0 saturated carbocycles. The molecule has 1 aromatic heterocycles. The maximum atomic E-state index is 12.6. The SMILES string of the molecule is CC=N/C=C\N(C)CCNC(=O)c1cccc2oc(-c3ccccc3)nc12. The van der Waals surface area contributed by atoms with E-state index < -0.39 is 0 Å². The molecule has 1 N–H and O–H groups in total. The Morgan fingerprint density at radius 3 is 2.81 bits per heavy atom. The average Bonchev–Trinajstić information content (AvgIpc) is 3.13. The quantitative estimate of drug-likeness (QED) is 0.650. The van der Waals surface area contributed by atoms with Gasteiger partial charge in [0.15, 0.2) is 5.58 Å². The van der Waals surface area contributed by atoms with Crippen LogP contribution in [0.5, 0.6) is 0 Å². The number of hydrogen-bond acceptors (Lipinski definition) is 5. The second-order valence-electron chi connectivity index (χ2n) is 5.98. The number of aromatic nitrogens is 1. The molecule has 1 amide bonds. The van der Waals surface area contributed by atoms with Crippen LogP contribution in [0.15, 0.2) is 70.3 Å². The van der Waals surface area contributed by atoms with Crippen molar-refractivity contribution in [3.8, 4) is 11.5 Å². The number of carbonyl (C=O) groups excluding carboxylic acids is 1. The molecule has 0 aliphatic heterocycles. The van der Waals surface area contributed by atoms with Crippen LogP contribution in [0.4, 0.5) is 0 Å². The van der Waals surface area contributed by atoms with Gasteiger partial charge in [-0.2, -0.15) is 0 Å². The number of hydrogen-bond donors (Lipinski definition) is 1. The highest BCUT2D eigenvalue weighted by Crippen LogP contribution is 2.26. The van der Waals surface area contributed by atoms with E-state index in [9.17, 15) is 4.79 Å². The highest BCUT2D eigenvalue weighted by Gasteiger charge is 2.15. The molecule has 0 unspecified atom stereocenters. The highest BCUT2D eigenvalue weighted by molar-refractivity contribution is 6.04. The molecule has 1 heterocycles. The first-order chi connectivity index (χ1) is 13.2. The molecular formula is C21H22N4O2. The zero-order valence-corrected chi connectivity index (χ0v) is 15.4. The third-order valence-electron chi connectivity index (χ3n) is 3.99. The summed E-state index contributed by atoms with van der Waals surface area (Å²) in [5, 5.41) is 2.93. The molecule has 0 radical (unpaired) electrons. The predicted octanol–water partition coefficient (Wildman–Crippen LogP) is 3.72. The minimum atomic E-state index is -0.169. The molecule has 27 heavy (non-hydrogen) atoms. The number of aliphatic imine (C=N–C) groups is 1. The molecule has 0 bridgehead atoms. The van der Waals surface area contributed by atoms with Crippen molar-refractivity contribution >= 4 is 23.2 Å². The van der Waals surface area contributed by atoms with Gasteiger partial charge in [0.2, 0.25) is 5.89 Å². The molecule has 0 atom stereocenters. The third kappa shape index (κ3) is 4.61. The van der Waals surface area contributed by atoms with E-state index in [1.165, 1.54) is 0 Å². The number of benzene rings is 2. The van der Waals surface area contributed by atoms with Crippen LogP contribution in [0.1, 0.15) is 17.3 Å². The monoisotopic (exact) mass is 362 g/mol. The standard InChI is InChI=1S/C21H22N4O2/c1-3-22-12-14-25(2)15-13-23-20(26)17-10-7-11-18-19(17)24-21(27-18)16-8-5-4-6-9-16/h3-12,14H,13,15H2,1-2H3,(H,23,26)/b14-12-,22-3?. The van der Waals surface area contributed by atoms with E-state index >= 15 is 0 Å². The van der Waals surface area contributed by atoms with Crippen LogP contribution in [0.2, 0.25) is 0 Å². The lowest BCUT2D eigenvalue weighted by Crippen LogP contribution is -2.31. The first kappa shape index (κ1) is 18.4. The Morgan fingerprint density at radius 2 is 2.04 bits per heavy atom. The summed E-state index contributed by atoms with van der Waals surface area (Å²) < 4.78 is 5.82. The fourth-order valence-corrected chi connectivity index (χ4v) is 2.59. The molecular weight excluding hydrogens is 340 g/mol. The molecule has 3 rings (SSSR count). The minimum absolute atomic E-state index is 0.169. The van der Waals surface area contributed by atoms with Gasteiger partial charge in [0.25, 0.3) is 5.91 Å². The van der Waals surface area contributed by atoms with Gasteiger partial charge in [-0.1, -0.05) is 24.3 Å². The van der Waals surface area contributed by atoms with Crippen molar-refractivity contribution in [3.63, 3.8) is 0 Å². The number of para-hydroxylation sites is 1. The van der Waals surface area contributed by atoms with Gasteiger partial charge in [-0.05, 0) is 31.2 Å². The lowest BCUT2D eigenvalue weighted by atomic mass is 10.2. The first-order valence-electron chi connectivity index (χ1n) is 8.77. The number of oxazole rings is 1. The van der Waals surface area contributed by atoms with Crippen LogP contribution in [0.3, 0.4) is 0 Å². The van der Waals surface area contributed by atoms with Crippen molar-refractivity contribution in [2.75, 3.05) is 20.1 Å². The fourth-order valence-electron chi connectivity index (χ4n) is 2.59. The number of likely N-dealkylation sites (N-methyl/N-ethyl adjacent to an activating group) is 1. The van der Waals surface area contributed by atoms with Crippen molar-refractivity contribution < 1.29 is 9.21 Å². The van der Waals surface area contributed by atoms with E-state index in [4.69, 9.17) is 4.42 Å². The van der Waals surface area contributed by atoms with E-state index in [0.717, 1.165) is 5.56 Å². The van der Waals surface area contributed by atoms with Crippen LogP contribution in [-0.4, -0.2) is 42.1 Å². The van der Waals surface area contributed by atoms with Crippen LogP contribution in [-0.2, 0) is 0 Å². The van der Waals surface area contributed by atoms with Gasteiger partial charge in [-0.3, -0.25) is 9.79 Å². The molecule has 0 aliphatic carbocycles. The van der Waals surface area contributed by atoms with Crippen molar-refractivity contribution in [1.29, 1.82) is 0 Å². The van der Waals surface area contributed by atoms with E-state index in [1.807, 2.05) is 61.5 Å². The van der Waals surface area contributed by atoms with Crippen molar-refractivity contribution in [2.24, 2.45) is 4.99 Å². The van der Waals surface area contributed by atoms with Crippen LogP contribution in [0, 0.1) is 0 Å². The largest absolute Gasteiger partial charge is 0.436 e. The van der Waals surface area contributed by atoms with E-state index in [-0.39, 0.29) is 5.91 Å². The second kappa shape index (κ2) is 8.80. The summed E-state index contributed by atoms with van der Waals surface area (Å²) >= 11 is 0. The summed E-state index contributed by atoms with van der Waals surface area (Å²) in [6, 6.07) is 15.0. The fraction of sp³-hybridized carbons (Fsp3) is 0.190. The Labute approximate surface area is 158 Å². The predicted molar refractivity (Wildman–Crippen MR) is 108 cm³/mol. The third-order valence-corrected chi connectivity index (χ3v) is 3.99. The van der Waals surface area contributed by atoms with Gasteiger partial charge in [-0.15, -0.1) is 0 Å². The van der Waals surface area contributed by atoms with Gasteiger partial charge >= 0.3 is 0 Å². The Morgan fingerprint density at radius 1 is 1.22 bits per heavy atom. The molecule has 0 fully saturated rings. The minimum Gasteiger partial charge on any atom is -0.436 e. The molecule has 6 nitrogen and oxygen atoms in total. The number of fused-ring (bicyclic) bond motifs is 1. The lowest BCUT2D eigenvalue weighted by Gasteiger charge is -2.13. The average molecular weight is 362 g/mol. The van der Waals surface area contributed by atoms with Gasteiger partial charge in [0.05, 0.1) is 5.56 Å². The first-order valence-corrected chi connectivity index (χ1v) is 8.77. The molecule has 0 spiro atoms. The van der Waals surface area contributed by atoms with Crippen molar-refractivity contribution in [2.45, 2.75) is 6.92 Å². The Hall–Kier alpha value is -3.41. The Bertz CT molecular complexity index is 961. The van der Waals surface area contributed by atoms with Crippen LogP contribution < -0.4 is 5.32 Å². The number of carbonyl (C=O) groups is 1. The smallest absolute Gasteiger partial charge is 0.253 e. The van der Waals surface area contributed by atoms with Crippen molar-refractivity contribution in [1.82, 2.24) is 15.2 Å². The highest BCUT2D eigenvalue weighted by atomic mass is 16.3. The maximum absolute atomic E-state index is 12.6. The number of amides is 1. The summed E-state index contributed by atoms with van der Waals surface area (Å²) in [5.74, 6) is 0.338. The zero-order valence-electron chi connectivity index (χ0n) is 15.4. The van der Waals surface area contributed by atoms with E-state index in [2.05, 4.69) is 15.3 Å². The molecule has 138 valence electrons. The summed E-state index contributed by atoms with van der Waals surface area (Å²) in [6.07, 6.45) is 5.29. The Balaban J connectivity index is 1.71. The topological polar surface area (TPSA) is 70.7 Å². The second-order valence-corrected chi connectivity index (χ2v) is 5.98. The normalized spacial score (nSPS) is 11.5. The number of nitrogens with one attached hydrogen (secondary N) is 1. The molecule has 2 aromatic carbocycles. The van der Waals surface area contributed by atoms with Crippen molar-refractivity contribution in [3.05, 3.63) is 66.5 Å². The Kier molecular flexibility index (Phi) is 5.99. The molecule has 0 saturated heterocycles. The summed E-state index contributed by atoms with van der Waals surface area (Å²) in [5.41, 5.74) is 2.55. The van der Waals surface area contributed by atoms with Crippen LogP contribution >= 0.6 is 0 Å². The molecule has 0 aliphatic rings.